The maximum absolute atomic E-state index is 11.0. The quantitative estimate of drug-likeness (QED) is 0.658. The summed E-state index contributed by atoms with van der Waals surface area (Å²) >= 11 is 0. The Morgan fingerprint density at radius 1 is 1.73 bits per heavy atom. The summed E-state index contributed by atoms with van der Waals surface area (Å²) in [4.78, 5) is 16.2. The van der Waals surface area contributed by atoms with E-state index in [1.165, 1.54) is 5.06 Å². The molecule has 4 heteroatoms. The maximum Gasteiger partial charge on any atom is 0.341 e. The van der Waals surface area contributed by atoms with Crippen molar-refractivity contribution in [2.24, 2.45) is 0 Å². The zero-order chi connectivity index (χ0) is 8.10. The molecule has 0 aliphatic carbocycles. The second kappa shape index (κ2) is 4.18. The summed E-state index contributed by atoms with van der Waals surface area (Å²) in [5, 5.41) is 4.10. The molecule has 0 aromatic heterocycles. The number of nitrogens with one attached hydrogen (secondary N) is 1. The number of hydrogen-bond donors (Lipinski definition) is 1. The number of urea groups is 1. The van der Waals surface area contributed by atoms with Gasteiger partial charge in [0.25, 0.3) is 0 Å². The minimum Gasteiger partial charge on any atom is -0.336 e. The minimum absolute atomic E-state index is 0.107. The average molecular weight is 158 g/mol. The highest BCUT2D eigenvalue weighted by molar-refractivity contribution is 5.73. The Kier molecular flexibility index (Phi) is 3.16. The molecule has 1 fully saturated rings. The summed E-state index contributed by atoms with van der Waals surface area (Å²) in [6, 6.07) is -0.107. The zero-order valence-electron chi connectivity index (χ0n) is 6.80. The highest BCUT2D eigenvalue weighted by Crippen LogP contribution is 1.99. The van der Waals surface area contributed by atoms with Crippen LogP contribution in [0, 0.1) is 0 Å². The van der Waals surface area contributed by atoms with Crippen molar-refractivity contribution in [3.63, 3.8) is 0 Å². The third kappa shape index (κ3) is 2.38. The van der Waals surface area contributed by atoms with E-state index in [0.717, 1.165) is 19.4 Å². The van der Waals surface area contributed by atoms with Gasteiger partial charge in [0.1, 0.15) is 0 Å². The number of amides is 2. The first-order valence-corrected chi connectivity index (χ1v) is 4.03. The number of carbonyl (C=O) groups is 1. The van der Waals surface area contributed by atoms with Gasteiger partial charge in [0.05, 0.1) is 13.2 Å². The van der Waals surface area contributed by atoms with Crippen LogP contribution in [0.1, 0.15) is 19.8 Å². The number of rotatable bonds is 3. The largest absolute Gasteiger partial charge is 0.341 e. The Labute approximate surface area is 66.5 Å². The predicted octanol–water partition coefficient (Wildman–Crippen LogP) is 0.743. The van der Waals surface area contributed by atoms with Gasteiger partial charge in [-0.1, -0.05) is 6.92 Å². The molecule has 2 amide bonds. The monoisotopic (exact) mass is 158 g/mol. The van der Waals surface area contributed by atoms with E-state index in [1.54, 1.807) is 0 Å². The van der Waals surface area contributed by atoms with E-state index in [-0.39, 0.29) is 6.03 Å². The van der Waals surface area contributed by atoms with E-state index in [2.05, 4.69) is 5.32 Å². The molecule has 0 spiro atoms. The Hall–Kier alpha value is -0.770. The van der Waals surface area contributed by atoms with Crippen molar-refractivity contribution in [3.8, 4) is 0 Å². The van der Waals surface area contributed by atoms with Gasteiger partial charge in [-0.2, -0.15) is 0 Å². The van der Waals surface area contributed by atoms with Gasteiger partial charge >= 0.3 is 6.03 Å². The molecule has 0 radical (unpaired) electrons. The molecule has 0 aromatic rings. The number of carbonyl (C=O) groups excluding carboxylic acids is 1. The highest BCUT2D eigenvalue weighted by atomic mass is 16.7. The number of nitrogens with zero attached hydrogens (tertiary/aromatic N) is 1. The summed E-state index contributed by atoms with van der Waals surface area (Å²) in [6.45, 7) is 4.12. The van der Waals surface area contributed by atoms with Crippen molar-refractivity contribution < 1.29 is 9.63 Å². The lowest BCUT2D eigenvalue weighted by Crippen LogP contribution is -2.46. The molecule has 0 bridgehead atoms. The molecule has 1 saturated heterocycles. The molecule has 1 N–H and O–H groups in total. The van der Waals surface area contributed by atoms with Crippen LogP contribution in [0.5, 0.6) is 0 Å². The van der Waals surface area contributed by atoms with Crippen LogP contribution in [0.3, 0.4) is 0 Å². The summed E-state index contributed by atoms with van der Waals surface area (Å²) in [6.07, 6.45) is 1.90. The third-order valence-corrected chi connectivity index (χ3v) is 1.49. The first-order valence-electron chi connectivity index (χ1n) is 4.03. The van der Waals surface area contributed by atoms with Crippen LogP contribution in [-0.4, -0.2) is 30.8 Å². The highest BCUT2D eigenvalue weighted by Gasteiger charge is 2.17. The molecule has 4 nitrogen and oxygen atoms in total. The third-order valence-electron chi connectivity index (χ3n) is 1.49. The van der Waals surface area contributed by atoms with Crippen molar-refractivity contribution in [2.75, 3.05) is 19.7 Å². The molecular weight excluding hydrogens is 144 g/mol. The second-order valence-corrected chi connectivity index (χ2v) is 2.52. The van der Waals surface area contributed by atoms with Gasteiger partial charge in [0, 0.05) is 6.54 Å². The molecule has 1 rings (SSSR count). The standard InChI is InChI=1S/C7H14N2O2/c1-2-6-11-9-5-3-4-8-7(9)10/h2-6H2,1H3,(H,8,10). The van der Waals surface area contributed by atoms with E-state index in [1.807, 2.05) is 6.92 Å². The molecule has 1 heterocycles. The Morgan fingerprint density at radius 2 is 2.55 bits per heavy atom. The van der Waals surface area contributed by atoms with Crippen molar-refractivity contribution in [1.29, 1.82) is 0 Å². The molecule has 1 aliphatic heterocycles. The summed E-state index contributed by atoms with van der Waals surface area (Å²) in [5.41, 5.74) is 0. The Bertz CT molecular complexity index is 138. The summed E-state index contributed by atoms with van der Waals surface area (Å²) in [7, 11) is 0. The number of hydroxylamine groups is 2. The van der Waals surface area contributed by atoms with Crippen LogP contribution in [0.15, 0.2) is 0 Å². The van der Waals surface area contributed by atoms with Gasteiger partial charge in [-0.25, -0.2) is 9.86 Å². The Morgan fingerprint density at radius 3 is 3.18 bits per heavy atom. The van der Waals surface area contributed by atoms with Crippen LogP contribution >= 0.6 is 0 Å². The van der Waals surface area contributed by atoms with Crippen molar-refractivity contribution in [2.45, 2.75) is 19.8 Å². The van der Waals surface area contributed by atoms with Crippen LogP contribution < -0.4 is 5.32 Å². The van der Waals surface area contributed by atoms with Crippen LogP contribution in [0.4, 0.5) is 4.79 Å². The van der Waals surface area contributed by atoms with Gasteiger partial charge < -0.3 is 5.32 Å². The first kappa shape index (κ1) is 8.33. The second-order valence-electron chi connectivity index (χ2n) is 2.52. The van der Waals surface area contributed by atoms with Gasteiger partial charge in [-0.3, -0.25) is 4.84 Å². The Balaban J connectivity index is 2.24. The topological polar surface area (TPSA) is 41.6 Å². The van der Waals surface area contributed by atoms with E-state index in [4.69, 9.17) is 4.84 Å². The SMILES string of the molecule is CCCON1CCCNC1=O. The average Bonchev–Trinajstić information content (AvgIpc) is 2.03. The fourth-order valence-electron chi connectivity index (χ4n) is 0.932. The predicted molar refractivity (Wildman–Crippen MR) is 41.0 cm³/mol. The van der Waals surface area contributed by atoms with E-state index in [9.17, 15) is 4.79 Å². The molecule has 0 unspecified atom stereocenters. The van der Waals surface area contributed by atoms with Gasteiger partial charge in [0.15, 0.2) is 0 Å². The first-order chi connectivity index (χ1) is 5.34. The van der Waals surface area contributed by atoms with E-state index >= 15 is 0 Å². The van der Waals surface area contributed by atoms with Crippen LogP contribution in [-0.2, 0) is 4.84 Å². The lowest BCUT2D eigenvalue weighted by molar-refractivity contribution is -0.122. The fraction of sp³-hybridized carbons (Fsp3) is 0.857. The van der Waals surface area contributed by atoms with Crippen LogP contribution in [0.2, 0.25) is 0 Å². The zero-order valence-corrected chi connectivity index (χ0v) is 6.80. The summed E-state index contributed by atoms with van der Waals surface area (Å²) in [5.74, 6) is 0. The molecule has 0 saturated carbocycles. The van der Waals surface area contributed by atoms with Gasteiger partial charge in [-0.05, 0) is 12.8 Å². The van der Waals surface area contributed by atoms with Crippen molar-refractivity contribution >= 4 is 6.03 Å². The van der Waals surface area contributed by atoms with Crippen molar-refractivity contribution in [1.82, 2.24) is 10.4 Å². The molecular formula is C7H14N2O2. The molecule has 11 heavy (non-hydrogen) atoms. The minimum atomic E-state index is -0.107. The maximum atomic E-state index is 11.0. The molecule has 0 atom stereocenters. The number of hydrogen-bond acceptors (Lipinski definition) is 2. The van der Waals surface area contributed by atoms with Gasteiger partial charge in [-0.15, -0.1) is 0 Å². The normalized spacial score (nSPS) is 18.3. The lowest BCUT2D eigenvalue weighted by Gasteiger charge is -2.25. The molecule has 0 aromatic carbocycles. The van der Waals surface area contributed by atoms with Crippen molar-refractivity contribution in [3.05, 3.63) is 0 Å². The fourth-order valence-corrected chi connectivity index (χ4v) is 0.932. The van der Waals surface area contributed by atoms with E-state index < -0.39 is 0 Å². The molecule has 64 valence electrons. The smallest absolute Gasteiger partial charge is 0.336 e. The van der Waals surface area contributed by atoms with E-state index in [0.29, 0.717) is 13.2 Å². The lowest BCUT2D eigenvalue weighted by atomic mass is 10.4. The molecule has 1 aliphatic rings. The summed E-state index contributed by atoms with van der Waals surface area (Å²) < 4.78 is 0. The van der Waals surface area contributed by atoms with Gasteiger partial charge in [0.2, 0.25) is 0 Å². The van der Waals surface area contributed by atoms with Crippen LogP contribution in [0.25, 0.3) is 0 Å².